The summed E-state index contributed by atoms with van der Waals surface area (Å²) in [6, 6.07) is 12.5. The zero-order chi connectivity index (χ0) is 18.0. The average Bonchev–Trinajstić information content (AvgIpc) is 2.73. The van der Waals surface area contributed by atoms with E-state index in [1.807, 2.05) is 38.1 Å². The van der Waals surface area contributed by atoms with Gasteiger partial charge in [0.15, 0.2) is 0 Å². The summed E-state index contributed by atoms with van der Waals surface area (Å²) < 4.78 is 27.7. The Balaban J connectivity index is 1.79. The molecule has 1 heterocycles. The number of aryl methyl sites for hydroxylation is 1. The van der Waals surface area contributed by atoms with Gasteiger partial charge in [-0.25, -0.2) is 13.1 Å². The molecule has 0 fully saturated rings. The van der Waals surface area contributed by atoms with E-state index in [2.05, 4.69) is 10.0 Å². The largest absolute Gasteiger partial charge is 0.325 e. The Hall–Kier alpha value is -1.83. The maximum Gasteiger partial charge on any atom is 0.240 e. The molecule has 1 atom stereocenters. The van der Waals surface area contributed by atoms with Gasteiger partial charge in [0.2, 0.25) is 15.9 Å². The summed E-state index contributed by atoms with van der Waals surface area (Å²) in [6.07, 6.45) is 0. The van der Waals surface area contributed by atoms with E-state index in [9.17, 15) is 13.2 Å². The number of carbonyl (C=O) groups excluding carboxylic acids is 1. The van der Waals surface area contributed by atoms with Gasteiger partial charge in [0.25, 0.3) is 0 Å². The van der Waals surface area contributed by atoms with Crippen molar-refractivity contribution in [1.29, 1.82) is 0 Å². The summed E-state index contributed by atoms with van der Waals surface area (Å²) in [4.78, 5) is 13.0. The van der Waals surface area contributed by atoms with Crippen molar-refractivity contribution >= 4 is 33.4 Å². The van der Waals surface area contributed by atoms with Gasteiger partial charge >= 0.3 is 0 Å². The highest BCUT2D eigenvalue weighted by Crippen LogP contribution is 2.34. The summed E-state index contributed by atoms with van der Waals surface area (Å²) >= 11 is 1.55. The van der Waals surface area contributed by atoms with Gasteiger partial charge in [0.05, 0.1) is 10.6 Å². The van der Waals surface area contributed by atoms with Crippen molar-refractivity contribution in [2.24, 2.45) is 5.92 Å². The van der Waals surface area contributed by atoms with Gasteiger partial charge in [-0.1, -0.05) is 36.8 Å². The number of hydrogen-bond acceptors (Lipinski definition) is 4. The molecule has 1 aliphatic heterocycles. The fraction of sp³-hybridized carbons (Fsp3) is 0.278. The smallest absolute Gasteiger partial charge is 0.240 e. The lowest BCUT2D eigenvalue weighted by molar-refractivity contribution is -0.118. The highest BCUT2D eigenvalue weighted by atomic mass is 32.2. The predicted octanol–water partition coefficient (Wildman–Crippen LogP) is 3.15. The third-order valence-corrected chi connectivity index (χ3v) is 6.78. The van der Waals surface area contributed by atoms with Crippen LogP contribution < -0.4 is 10.0 Å². The molecule has 1 aliphatic rings. The van der Waals surface area contributed by atoms with Crippen molar-refractivity contribution in [3.8, 4) is 0 Å². The van der Waals surface area contributed by atoms with Crippen LogP contribution in [0.1, 0.15) is 18.1 Å². The number of hydrogen-bond donors (Lipinski definition) is 2. The van der Waals surface area contributed by atoms with Crippen LogP contribution in [0.5, 0.6) is 0 Å². The van der Waals surface area contributed by atoms with E-state index in [1.54, 1.807) is 23.9 Å². The standard InChI is InChI=1S/C18H20N2O3S2/c1-12-3-5-14(6-4-12)10-19-25(22,23)15-7-8-17-16(9-15)20-18(21)13(2)11-24-17/h3-9,13,19H,10-11H2,1-2H3,(H,20,21)/t13-/m1/s1. The van der Waals surface area contributed by atoms with Gasteiger partial charge in [-0.2, -0.15) is 0 Å². The Morgan fingerprint density at radius 3 is 2.64 bits per heavy atom. The average molecular weight is 377 g/mol. The Morgan fingerprint density at radius 2 is 1.92 bits per heavy atom. The predicted molar refractivity (Wildman–Crippen MR) is 100 cm³/mol. The van der Waals surface area contributed by atoms with Gasteiger partial charge < -0.3 is 5.32 Å². The van der Waals surface area contributed by atoms with Crippen LogP contribution in [0, 0.1) is 12.8 Å². The molecular weight excluding hydrogens is 356 g/mol. The second-order valence-electron chi connectivity index (χ2n) is 6.17. The van der Waals surface area contributed by atoms with Crippen LogP contribution in [-0.4, -0.2) is 20.1 Å². The Bertz CT molecular complexity index is 893. The maximum atomic E-state index is 12.6. The molecule has 132 valence electrons. The molecule has 0 saturated heterocycles. The molecule has 2 aromatic rings. The zero-order valence-corrected chi connectivity index (χ0v) is 15.7. The van der Waals surface area contributed by atoms with Crippen LogP contribution >= 0.6 is 11.8 Å². The van der Waals surface area contributed by atoms with E-state index < -0.39 is 10.0 Å². The normalized spacial score (nSPS) is 17.5. The lowest BCUT2D eigenvalue weighted by Gasteiger charge is -2.11. The van der Waals surface area contributed by atoms with E-state index in [4.69, 9.17) is 0 Å². The minimum Gasteiger partial charge on any atom is -0.325 e. The summed E-state index contributed by atoms with van der Waals surface area (Å²) in [5.41, 5.74) is 2.57. The Labute approximate surface area is 152 Å². The van der Waals surface area contributed by atoms with E-state index in [-0.39, 0.29) is 23.3 Å². The number of anilines is 1. The first-order chi connectivity index (χ1) is 11.8. The fourth-order valence-electron chi connectivity index (χ4n) is 2.41. The Kier molecular flexibility index (Phi) is 5.17. The highest BCUT2D eigenvalue weighted by molar-refractivity contribution is 7.99. The zero-order valence-electron chi connectivity index (χ0n) is 14.1. The highest BCUT2D eigenvalue weighted by Gasteiger charge is 2.22. The molecule has 3 rings (SSSR count). The number of benzene rings is 2. The molecule has 25 heavy (non-hydrogen) atoms. The van der Waals surface area contributed by atoms with Crippen molar-refractivity contribution in [2.75, 3.05) is 11.1 Å². The molecular formula is C18H20N2O3S2. The van der Waals surface area contributed by atoms with Crippen LogP contribution in [0.3, 0.4) is 0 Å². The molecule has 0 aromatic heterocycles. The van der Waals surface area contributed by atoms with Crippen LogP contribution in [0.15, 0.2) is 52.3 Å². The molecule has 2 N–H and O–H groups in total. The molecule has 1 amide bonds. The molecule has 5 nitrogen and oxygen atoms in total. The van der Waals surface area contributed by atoms with Gasteiger partial charge in [-0.15, -0.1) is 11.8 Å². The topological polar surface area (TPSA) is 75.3 Å². The van der Waals surface area contributed by atoms with E-state index >= 15 is 0 Å². The Morgan fingerprint density at radius 1 is 1.20 bits per heavy atom. The molecule has 0 bridgehead atoms. The summed E-state index contributed by atoms with van der Waals surface area (Å²) in [5, 5.41) is 2.81. The van der Waals surface area contributed by atoms with E-state index in [0.29, 0.717) is 11.4 Å². The SMILES string of the molecule is Cc1ccc(CNS(=O)(=O)c2ccc3c(c2)NC(=O)[C@H](C)CS3)cc1. The number of amides is 1. The van der Waals surface area contributed by atoms with Gasteiger partial charge in [-0.05, 0) is 30.7 Å². The van der Waals surface area contributed by atoms with Crippen molar-refractivity contribution in [1.82, 2.24) is 4.72 Å². The van der Waals surface area contributed by atoms with Crippen LogP contribution in [0.25, 0.3) is 0 Å². The number of nitrogens with one attached hydrogen (secondary N) is 2. The number of rotatable bonds is 4. The molecule has 2 aromatic carbocycles. The lowest BCUT2D eigenvalue weighted by Crippen LogP contribution is -2.24. The maximum absolute atomic E-state index is 12.6. The molecule has 0 unspecified atom stereocenters. The van der Waals surface area contributed by atoms with Gasteiger partial charge in [0.1, 0.15) is 0 Å². The summed E-state index contributed by atoms with van der Waals surface area (Å²) in [7, 11) is -3.66. The second kappa shape index (κ2) is 7.19. The number of fused-ring (bicyclic) bond motifs is 1. The van der Waals surface area contributed by atoms with Gasteiger partial charge in [-0.3, -0.25) is 4.79 Å². The first-order valence-electron chi connectivity index (χ1n) is 7.98. The van der Waals surface area contributed by atoms with Crippen molar-refractivity contribution < 1.29 is 13.2 Å². The molecule has 0 saturated carbocycles. The first-order valence-corrected chi connectivity index (χ1v) is 10.4. The monoisotopic (exact) mass is 376 g/mol. The molecule has 0 aliphatic carbocycles. The fourth-order valence-corrected chi connectivity index (χ4v) is 4.47. The number of sulfonamides is 1. The van der Waals surface area contributed by atoms with Crippen molar-refractivity contribution in [3.63, 3.8) is 0 Å². The summed E-state index contributed by atoms with van der Waals surface area (Å²) in [5.74, 6) is 0.474. The quantitative estimate of drug-likeness (QED) is 0.859. The minimum atomic E-state index is -3.66. The van der Waals surface area contributed by atoms with E-state index in [0.717, 1.165) is 16.0 Å². The molecule has 0 radical (unpaired) electrons. The molecule has 0 spiro atoms. The van der Waals surface area contributed by atoms with Crippen LogP contribution in [0.2, 0.25) is 0 Å². The van der Waals surface area contributed by atoms with Crippen LogP contribution in [-0.2, 0) is 21.4 Å². The minimum absolute atomic E-state index is 0.0894. The lowest BCUT2D eigenvalue weighted by atomic mass is 10.2. The molecule has 7 heteroatoms. The summed E-state index contributed by atoms with van der Waals surface area (Å²) in [6.45, 7) is 4.06. The van der Waals surface area contributed by atoms with Crippen molar-refractivity contribution in [2.45, 2.75) is 30.2 Å². The van der Waals surface area contributed by atoms with Crippen LogP contribution in [0.4, 0.5) is 5.69 Å². The third-order valence-electron chi connectivity index (χ3n) is 4.04. The second-order valence-corrected chi connectivity index (χ2v) is 9.00. The van der Waals surface area contributed by atoms with E-state index in [1.165, 1.54) is 6.07 Å². The first kappa shape index (κ1) is 18.0. The van der Waals surface area contributed by atoms with Gasteiger partial charge in [0, 0.05) is 23.1 Å². The number of carbonyl (C=O) groups is 1. The van der Waals surface area contributed by atoms with Crippen molar-refractivity contribution in [3.05, 3.63) is 53.6 Å². The number of thioether (sulfide) groups is 1. The third kappa shape index (κ3) is 4.23.